The van der Waals surface area contributed by atoms with E-state index in [0.29, 0.717) is 0 Å². The highest BCUT2D eigenvalue weighted by Gasteiger charge is 2.16. The zero-order valence-corrected chi connectivity index (χ0v) is 12.7. The first kappa shape index (κ1) is 13.5. The lowest BCUT2D eigenvalue weighted by atomic mass is 10.1. The highest BCUT2D eigenvalue weighted by molar-refractivity contribution is 5.79. The monoisotopic (exact) mass is 288 g/mol. The highest BCUT2D eigenvalue weighted by atomic mass is 15.1. The van der Waals surface area contributed by atoms with Crippen LogP contribution in [0.2, 0.25) is 0 Å². The Hall–Kier alpha value is -2.19. The largest absolute Gasteiger partial charge is 0.295 e. The van der Waals surface area contributed by atoms with Crippen molar-refractivity contribution in [3.63, 3.8) is 0 Å². The topological polar surface area (TPSA) is 16.1 Å². The Morgan fingerprint density at radius 3 is 2.68 bits per heavy atom. The first-order valence-electron chi connectivity index (χ1n) is 8.02. The maximum Gasteiger partial charge on any atom is 0.0705 e. The van der Waals surface area contributed by atoms with Crippen LogP contribution in [0.4, 0.5) is 0 Å². The van der Waals surface area contributed by atoms with Gasteiger partial charge in [-0.3, -0.25) is 9.88 Å². The summed E-state index contributed by atoms with van der Waals surface area (Å²) in [6.07, 6.45) is 2.27. The van der Waals surface area contributed by atoms with Crippen LogP contribution in [0.5, 0.6) is 0 Å². The zero-order chi connectivity index (χ0) is 14.8. The third kappa shape index (κ3) is 2.75. The van der Waals surface area contributed by atoms with E-state index >= 15 is 0 Å². The number of nitrogens with zero attached hydrogens (tertiary/aromatic N) is 2. The van der Waals surface area contributed by atoms with E-state index in [1.165, 1.54) is 28.6 Å². The summed E-state index contributed by atoms with van der Waals surface area (Å²) in [6, 6.07) is 21.5. The van der Waals surface area contributed by atoms with E-state index in [2.05, 4.69) is 65.6 Å². The summed E-state index contributed by atoms with van der Waals surface area (Å²) in [4.78, 5) is 7.43. The molecule has 0 fully saturated rings. The van der Waals surface area contributed by atoms with E-state index in [-0.39, 0.29) is 0 Å². The lowest BCUT2D eigenvalue weighted by Gasteiger charge is -2.20. The first-order valence-corrected chi connectivity index (χ1v) is 8.02. The van der Waals surface area contributed by atoms with E-state index in [9.17, 15) is 0 Å². The van der Waals surface area contributed by atoms with Gasteiger partial charge in [0.25, 0.3) is 0 Å². The van der Waals surface area contributed by atoms with Gasteiger partial charge < -0.3 is 0 Å². The number of hydrogen-bond acceptors (Lipinski definition) is 2. The molecular weight excluding hydrogens is 268 g/mol. The van der Waals surface area contributed by atoms with Crippen molar-refractivity contribution < 1.29 is 0 Å². The fourth-order valence-electron chi connectivity index (χ4n) is 3.32. The smallest absolute Gasteiger partial charge is 0.0705 e. The molecule has 110 valence electrons. The van der Waals surface area contributed by atoms with Gasteiger partial charge in [0.1, 0.15) is 0 Å². The Kier molecular flexibility index (Phi) is 3.61. The van der Waals surface area contributed by atoms with Crippen LogP contribution in [0, 0.1) is 0 Å². The van der Waals surface area contributed by atoms with E-state index < -0.39 is 0 Å². The maximum absolute atomic E-state index is 4.89. The number of aromatic nitrogens is 1. The molecule has 1 aliphatic heterocycles. The molecule has 2 heteroatoms. The van der Waals surface area contributed by atoms with Crippen LogP contribution in [-0.4, -0.2) is 16.4 Å². The number of rotatable bonds is 2. The Balaban J connectivity index is 1.63. The van der Waals surface area contributed by atoms with Gasteiger partial charge in [-0.25, -0.2) is 0 Å². The number of pyridine rings is 1. The molecule has 0 unspecified atom stereocenters. The van der Waals surface area contributed by atoms with Crippen molar-refractivity contribution in [2.45, 2.75) is 25.9 Å². The molecule has 3 aromatic rings. The van der Waals surface area contributed by atoms with Crippen molar-refractivity contribution in [3.05, 3.63) is 77.5 Å². The van der Waals surface area contributed by atoms with Crippen molar-refractivity contribution in [2.75, 3.05) is 6.54 Å². The summed E-state index contributed by atoms with van der Waals surface area (Å²) in [7, 11) is 0. The molecule has 0 N–H and O–H groups in total. The first-order chi connectivity index (χ1) is 10.9. The normalized spacial score (nSPS) is 15.5. The summed E-state index contributed by atoms with van der Waals surface area (Å²) < 4.78 is 0. The second-order valence-electron chi connectivity index (χ2n) is 6.09. The molecule has 0 aliphatic carbocycles. The predicted molar refractivity (Wildman–Crippen MR) is 90.6 cm³/mol. The molecule has 0 saturated heterocycles. The van der Waals surface area contributed by atoms with Gasteiger partial charge in [-0.2, -0.15) is 0 Å². The van der Waals surface area contributed by atoms with Crippen LogP contribution in [-0.2, 0) is 19.5 Å². The summed E-state index contributed by atoms with van der Waals surface area (Å²) in [5, 5.41) is 1.25. The second kappa shape index (κ2) is 5.90. The number of fused-ring (bicyclic) bond motifs is 2. The number of para-hydroxylation sites is 1. The van der Waals surface area contributed by atoms with Gasteiger partial charge in [0.05, 0.1) is 5.52 Å². The van der Waals surface area contributed by atoms with Gasteiger partial charge in [-0.15, -0.1) is 0 Å². The molecule has 2 aromatic carbocycles. The van der Waals surface area contributed by atoms with Crippen LogP contribution in [0.1, 0.15) is 23.2 Å². The minimum Gasteiger partial charge on any atom is -0.295 e. The highest BCUT2D eigenvalue weighted by Crippen LogP contribution is 2.23. The van der Waals surface area contributed by atoms with Crippen LogP contribution < -0.4 is 0 Å². The van der Waals surface area contributed by atoms with Crippen LogP contribution in [0.25, 0.3) is 10.9 Å². The average molecular weight is 288 g/mol. The molecule has 1 aliphatic rings. The van der Waals surface area contributed by atoms with Crippen LogP contribution >= 0.6 is 0 Å². The van der Waals surface area contributed by atoms with Crippen molar-refractivity contribution >= 4 is 10.9 Å². The molecule has 2 heterocycles. The summed E-state index contributed by atoms with van der Waals surface area (Å²) in [5.41, 5.74) is 5.19. The zero-order valence-electron chi connectivity index (χ0n) is 12.7. The second-order valence-corrected chi connectivity index (χ2v) is 6.09. The summed E-state index contributed by atoms with van der Waals surface area (Å²) in [6.45, 7) is 3.16. The van der Waals surface area contributed by atoms with Gasteiger partial charge in [0.2, 0.25) is 0 Å². The SMILES string of the molecule is c1ccc(CN2CCCc3nc4ccccc4cc3C2)cc1. The van der Waals surface area contributed by atoms with Gasteiger partial charge in [0.15, 0.2) is 0 Å². The molecule has 22 heavy (non-hydrogen) atoms. The predicted octanol–water partition coefficient (Wildman–Crippen LogP) is 4.18. The minimum atomic E-state index is 1.00. The number of benzene rings is 2. The molecule has 0 radical (unpaired) electrons. The third-order valence-corrected chi connectivity index (χ3v) is 4.42. The number of hydrogen-bond donors (Lipinski definition) is 0. The quantitative estimate of drug-likeness (QED) is 0.703. The molecule has 0 amide bonds. The lowest BCUT2D eigenvalue weighted by molar-refractivity contribution is 0.261. The van der Waals surface area contributed by atoms with Gasteiger partial charge in [-0.1, -0.05) is 48.5 Å². The average Bonchev–Trinajstić information content (AvgIpc) is 2.75. The number of aryl methyl sites for hydroxylation is 1. The standard InChI is InChI=1S/C20H20N2/c1-2-7-16(8-3-1)14-22-12-6-11-20-18(15-22)13-17-9-4-5-10-19(17)21-20/h1-5,7-10,13H,6,11-12,14-15H2. The van der Waals surface area contributed by atoms with E-state index in [1.54, 1.807) is 0 Å². The molecule has 0 atom stereocenters. The minimum absolute atomic E-state index is 1.00. The van der Waals surface area contributed by atoms with Crippen molar-refractivity contribution in [3.8, 4) is 0 Å². The van der Waals surface area contributed by atoms with Gasteiger partial charge in [0, 0.05) is 24.2 Å². The third-order valence-electron chi connectivity index (χ3n) is 4.42. The fourth-order valence-corrected chi connectivity index (χ4v) is 3.32. The molecule has 1 aromatic heterocycles. The van der Waals surface area contributed by atoms with E-state index in [1.807, 2.05) is 0 Å². The molecule has 2 nitrogen and oxygen atoms in total. The molecule has 0 spiro atoms. The Morgan fingerprint density at radius 1 is 0.955 bits per heavy atom. The van der Waals surface area contributed by atoms with Gasteiger partial charge in [-0.05, 0) is 42.6 Å². The molecule has 0 saturated carbocycles. The maximum atomic E-state index is 4.89. The van der Waals surface area contributed by atoms with Crippen LogP contribution in [0.3, 0.4) is 0 Å². The molecule has 0 bridgehead atoms. The van der Waals surface area contributed by atoms with E-state index in [4.69, 9.17) is 4.98 Å². The Bertz CT molecular complexity index is 780. The molecule has 4 rings (SSSR count). The summed E-state index contributed by atoms with van der Waals surface area (Å²) >= 11 is 0. The van der Waals surface area contributed by atoms with Crippen molar-refractivity contribution in [1.29, 1.82) is 0 Å². The van der Waals surface area contributed by atoms with Crippen molar-refractivity contribution in [2.24, 2.45) is 0 Å². The Labute approximate surface area is 131 Å². The van der Waals surface area contributed by atoms with Crippen LogP contribution in [0.15, 0.2) is 60.7 Å². The van der Waals surface area contributed by atoms with Gasteiger partial charge >= 0.3 is 0 Å². The van der Waals surface area contributed by atoms with Crippen molar-refractivity contribution in [1.82, 2.24) is 9.88 Å². The van der Waals surface area contributed by atoms with E-state index in [0.717, 1.165) is 31.6 Å². The molecular formula is C20H20N2. The Morgan fingerprint density at radius 2 is 1.77 bits per heavy atom. The summed E-state index contributed by atoms with van der Waals surface area (Å²) in [5.74, 6) is 0. The lowest BCUT2D eigenvalue weighted by Crippen LogP contribution is -2.22. The fraction of sp³-hybridized carbons (Fsp3) is 0.250.